The lowest BCUT2D eigenvalue weighted by atomic mass is 10.0. The van der Waals surface area contributed by atoms with Gasteiger partial charge in [-0.1, -0.05) is 52.0 Å². The normalized spacial score (nSPS) is 12.1. The monoisotopic (exact) mass is 515 g/mol. The second-order valence-electron chi connectivity index (χ2n) is 9.60. The molecule has 0 radical (unpaired) electrons. The Bertz CT molecular complexity index is 1340. The molecule has 1 aromatic heterocycles. The summed E-state index contributed by atoms with van der Waals surface area (Å²) in [6.45, 7) is 9.63. The van der Waals surface area contributed by atoms with Crippen molar-refractivity contribution in [1.29, 1.82) is 0 Å². The summed E-state index contributed by atoms with van der Waals surface area (Å²) in [4.78, 5) is 8.27. The summed E-state index contributed by atoms with van der Waals surface area (Å²) in [5.41, 5.74) is 10.4. The third kappa shape index (κ3) is 7.12. The summed E-state index contributed by atoms with van der Waals surface area (Å²) in [5.74, 6) is 2.18. The highest BCUT2D eigenvalue weighted by atomic mass is 19.1. The van der Waals surface area contributed by atoms with Gasteiger partial charge in [-0.3, -0.25) is 0 Å². The lowest BCUT2D eigenvalue weighted by Crippen LogP contribution is -2.15. The van der Waals surface area contributed by atoms with Gasteiger partial charge < -0.3 is 25.8 Å². The number of nitrogens with one attached hydrogen (secondary N) is 2. The second kappa shape index (κ2) is 12.3. The van der Waals surface area contributed by atoms with Crippen LogP contribution < -0.4 is 25.8 Å². The first-order valence-corrected chi connectivity index (χ1v) is 12.7. The van der Waals surface area contributed by atoms with Crippen LogP contribution in [0.4, 0.5) is 33.2 Å². The molecule has 0 bridgehead atoms. The van der Waals surface area contributed by atoms with Crippen molar-refractivity contribution < 1.29 is 13.9 Å². The average molecular weight is 516 g/mol. The van der Waals surface area contributed by atoms with Crippen LogP contribution in [-0.2, 0) is 0 Å². The van der Waals surface area contributed by atoms with Crippen molar-refractivity contribution in [3.63, 3.8) is 0 Å². The first-order valence-electron chi connectivity index (χ1n) is 12.7. The van der Waals surface area contributed by atoms with Crippen LogP contribution in [0.1, 0.15) is 50.7 Å². The fourth-order valence-corrected chi connectivity index (χ4v) is 3.73. The molecule has 0 fully saturated rings. The highest BCUT2D eigenvalue weighted by Gasteiger charge is 2.14. The number of hydrogen-bond acceptors (Lipinski definition) is 7. The largest absolute Gasteiger partial charge is 0.486 e. The maximum Gasteiger partial charge on any atom is 0.229 e. The minimum absolute atomic E-state index is 0.0768. The first-order chi connectivity index (χ1) is 18.3. The van der Waals surface area contributed by atoms with Crippen molar-refractivity contribution in [2.45, 2.75) is 39.5 Å². The number of fused-ring (bicyclic) bond motifs is 1. The minimum Gasteiger partial charge on any atom is -0.486 e. The quantitative estimate of drug-likeness (QED) is 0.230. The molecule has 0 unspecified atom stereocenters. The van der Waals surface area contributed by atoms with Gasteiger partial charge in [-0.25, -0.2) is 9.37 Å². The smallest absolute Gasteiger partial charge is 0.229 e. The van der Waals surface area contributed by atoms with Crippen LogP contribution in [0.3, 0.4) is 0 Å². The van der Waals surface area contributed by atoms with Gasteiger partial charge in [0.25, 0.3) is 0 Å². The Kier molecular flexibility index (Phi) is 8.63. The van der Waals surface area contributed by atoms with E-state index in [0.29, 0.717) is 48.2 Å². The Hall–Kier alpha value is -4.33. The molecule has 1 aliphatic heterocycles. The Morgan fingerprint density at radius 3 is 1.97 bits per heavy atom. The standard InChI is InChI=1S/C21H21FN4O2.C9H13N/c1-13(2)14-3-5-15(6-4-14)25-21-23-12-17(22)20(26-21)24-16-7-8-18-19(11-16)28-10-9-27-18;1-7(2)8-3-5-9(10)6-4-8/h3-8,11-13H,9-10H2,1-2H3,(H2,23,24,25,26);3-7H,10H2,1-2H3. The third-order valence-electron chi connectivity index (χ3n) is 5.99. The highest BCUT2D eigenvalue weighted by Crippen LogP contribution is 2.34. The Balaban J connectivity index is 0.000000283. The molecule has 198 valence electrons. The predicted octanol–water partition coefficient (Wildman–Crippen LogP) is 7.39. The maximum absolute atomic E-state index is 14.2. The van der Waals surface area contributed by atoms with Gasteiger partial charge in [-0.2, -0.15) is 4.98 Å². The number of halogens is 1. The lowest BCUT2D eigenvalue weighted by molar-refractivity contribution is 0.171. The Morgan fingerprint density at radius 1 is 0.763 bits per heavy atom. The maximum atomic E-state index is 14.2. The van der Waals surface area contributed by atoms with Crippen LogP contribution in [0, 0.1) is 5.82 Å². The van der Waals surface area contributed by atoms with E-state index in [4.69, 9.17) is 15.2 Å². The Morgan fingerprint density at radius 2 is 1.34 bits per heavy atom. The number of nitrogens with zero attached hydrogens (tertiary/aromatic N) is 2. The molecule has 2 heterocycles. The van der Waals surface area contributed by atoms with E-state index in [2.05, 4.69) is 60.4 Å². The molecule has 8 heteroatoms. The van der Waals surface area contributed by atoms with Gasteiger partial charge in [0.1, 0.15) is 13.2 Å². The summed E-state index contributed by atoms with van der Waals surface area (Å²) >= 11 is 0. The number of anilines is 5. The van der Waals surface area contributed by atoms with Gasteiger partial charge in [0.15, 0.2) is 23.1 Å². The van der Waals surface area contributed by atoms with Gasteiger partial charge in [0.2, 0.25) is 5.95 Å². The molecular formula is C30H34FN5O2. The number of aromatic nitrogens is 2. The van der Waals surface area contributed by atoms with Crippen LogP contribution in [0.5, 0.6) is 11.5 Å². The summed E-state index contributed by atoms with van der Waals surface area (Å²) in [5, 5.41) is 6.07. The molecule has 4 aromatic rings. The molecular weight excluding hydrogens is 481 g/mol. The molecule has 0 spiro atoms. The van der Waals surface area contributed by atoms with E-state index in [1.807, 2.05) is 36.4 Å². The molecule has 4 N–H and O–H groups in total. The number of nitrogens with two attached hydrogens (primary N) is 1. The van der Waals surface area contributed by atoms with Crippen LogP contribution in [0.15, 0.2) is 72.9 Å². The minimum atomic E-state index is -0.546. The Labute approximate surface area is 223 Å². The van der Waals surface area contributed by atoms with Gasteiger partial charge in [-0.15, -0.1) is 0 Å². The van der Waals surface area contributed by atoms with Crippen molar-refractivity contribution >= 4 is 28.8 Å². The molecule has 1 aliphatic rings. The van der Waals surface area contributed by atoms with Crippen molar-refractivity contribution in [3.8, 4) is 11.5 Å². The fraction of sp³-hybridized carbons (Fsp3) is 0.267. The highest BCUT2D eigenvalue weighted by molar-refractivity contribution is 5.63. The molecule has 7 nitrogen and oxygen atoms in total. The second-order valence-corrected chi connectivity index (χ2v) is 9.60. The summed E-state index contributed by atoms with van der Waals surface area (Å²) < 4.78 is 25.3. The van der Waals surface area contributed by atoms with E-state index in [0.717, 1.165) is 17.6 Å². The van der Waals surface area contributed by atoms with Crippen molar-refractivity contribution in [3.05, 3.63) is 89.9 Å². The van der Waals surface area contributed by atoms with Crippen LogP contribution in [0.2, 0.25) is 0 Å². The molecule has 0 amide bonds. The van der Waals surface area contributed by atoms with Gasteiger partial charge >= 0.3 is 0 Å². The van der Waals surface area contributed by atoms with E-state index >= 15 is 0 Å². The zero-order valence-corrected chi connectivity index (χ0v) is 22.2. The van der Waals surface area contributed by atoms with Gasteiger partial charge in [0, 0.05) is 23.1 Å². The van der Waals surface area contributed by atoms with E-state index in [-0.39, 0.29) is 5.82 Å². The van der Waals surface area contributed by atoms with Crippen molar-refractivity contribution in [2.24, 2.45) is 0 Å². The topological polar surface area (TPSA) is 94.3 Å². The summed E-state index contributed by atoms with van der Waals surface area (Å²) in [7, 11) is 0. The SMILES string of the molecule is CC(C)c1ccc(N)cc1.CC(C)c1ccc(Nc2ncc(F)c(Nc3ccc4c(c3)OCCO4)n2)cc1. The molecule has 5 rings (SSSR count). The number of hydrogen-bond donors (Lipinski definition) is 3. The fourth-order valence-electron chi connectivity index (χ4n) is 3.73. The predicted molar refractivity (Wildman–Crippen MR) is 151 cm³/mol. The molecule has 0 atom stereocenters. The van der Waals surface area contributed by atoms with Crippen molar-refractivity contribution in [1.82, 2.24) is 9.97 Å². The number of rotatable bonds is 6. The van der Waals surface area contributed by atoms with Gasteiger partial charge in [-0.05, 0) is 59.4 Å². The molecule has 0 saturated heterocycles. The number of benzene rings is 3. The number of nitrogen functional groups attached to an aromatic ring is 1. The van der Waals surface area contributed by atoms with E-state index in [9.17, 15) is 4.39 Å². The van der Waals surface area contributed by atoms with E-state index < -0.39 is 5.82 Å². The number of ether oxygens (including phenoxy) is 2. The van der Waals surface area contributed by atoms with Gasteiger partial charge in [0.05, 0.1) is 6.20 Å². The summed E-state index contributed by atoms with van der Waals surface area (Å²) in [6.07, 6.45) is 1.14. The first kappa shape index (κ1) is 26.7. The van der Waals surface area contributed by atoms with Crippen LogP contribution in [0.25, 0.3) is 0 Å². The zero-order valence-electron chi connectivity index (χ0n) is 22.2. The molecule has 0 aliphatic carbocycles. The lowest BCUT2D eigenvalue weighted by Gasteiger charge is -2.19. The summed E-state index contributed by atoms with van der Waals surface area (Å²) in [6, 6.07) is 21.3. The van der Waals surface area contributed by atoms with E-state index in [1.54, 1.807) is 18.2 Å². The molecule has 38 heavy (non-hydrogen) atoms. The van der Waals surface area contributed by atoms with Crippen molar-refractivity contribution in [2.75, 3.05) is 29.6 Å². The molecule has 3 aromatic carbocycles. The van der Waals surface area contributed by atoms with E-state index in [1.165, 1.54) is 11.1 Å². The average Bonchev–Trinajstić information content (AvgIpc) is 2.91. The third-order valence-corrected chi connectivity index (χ3v) is 5.99. The molecule has 0 saturated carbocycles. The van der Waals surface area contributed by atoms with Crippen LogP contribution in [-0.4, -0.2) is 23.2 Å². The zero-order chi connectivity index (χ0) is 27.1. The van der Waals surface area contributed by atoms with Crippen LogP contribution >= 0.6 is 0 Å².